The fourth-order valence-corrected chi connectivity index (χ4v) is 2.71. The van der Waals surface area contributed by atoms with Crippen LogP contribution in [0.15, 0.2) is 18.2 Å². The Morgan fingerprint density at radius 2 is 2.10 bits per heavy atom. The third kappa shape index (κ3) is 2.66. The van der Waals surface area contributed by atoms with Crippen LogP contribution in [-0.4, -0.2) is 34.5 Å². The van der Waals surface area contributed by atoms with Crippen LogP contribution in [0.3, 0.4) is 0 Å². The van der Waals surface area contributed by atoms with Gasteiger partial charge >= 0.3 is 5.97 Å². The lowest BCUT2D eigenvalue weighted by Crippen LogP contribution is -2.38. The van der Waals surface area contributed by atoms with Gasteiger partial charge in [0.05, 0.1) is 11.1 Å². The highest BCUT2D eigenvalue weighted by atomic mass is 19.1. The lowest BCUT2D eigenvalue weighted by atomic mass is 10.0. The molecular formula is C15H18FNO3. The minimum absolute atomic E-state index is 0.0532. The molecule has 1 fully saturated rings. The average Bonchev–Trinajstić information content (AvgIpc) is 2.87. The van der Waals surface area contributed by atoms with E-state index < -0.39 is 11.8 Å². The number of rotatable bonds is 3. The van der Waals surface area contributed by atoms with Gasteiger partial charge in [0.2, 0.25) is 0 Å². The van der Waals surface area contributed by atoms with Crippen molar-refractivity contribution >= 4 is 11.9 Å². The molecule has 108 valence electrons. The first kappa shape index (κ1) is 14.5. The first-order valence-electron chi connectivity index (χ1n) is 6.75. The zero-order valence-electron chi connectivity index (χ0n) is 11.6. The maximum absolute atomic E-state index is 13.9. The van der Waals surface area contributed by atoms with Crippen molar-refractivity contribution < 1.29 is 19.1 Å². The number of nitrogens with zero attached hydrogens (tertiary/aromatic N) is 1. The van der Waals surface area contributed by atoms with Crippen LogP contribution in [0.2, 0.25) is 0 Å². The number of aromatic carboxylic acids is 1. The second-order valence-electron chi connectivity index (χ2n) is 5.45. The number of carboxylic acids is 1. The van der Waals surface area contributed by atoms with Gasteiger partial charge < -0.3 is 10.0 Å². The molecule has 1 aliphatic heterocycles. The van der Waals surface area contributed by atoms with E-state index in [0.717, 1.165) is 18.9 Å². The molecule has 0 aromatic heterocycles. The molecule has 1 heterocycles. The second-order valence-corrected chi connectivity index (χ2v) is 5.45. The summed E-state index contributed by atoms with van der Waals surface area (Å²) in [6.45, 7) is 4.71. The number of likely N-dealkylation sites (tertiary alicyclic amines) is 1. The molecule has 0 bridgehead atoms. The van der Waals surface area contributed by atoms with Gasteiger partial charge in [0.15, 0.2) is 0 Å². The molecule has 2 rings (SSSR count). The summed E-state index contributed by atoms with van der Waals surface area (Å²) in [6, 6.07) is 3.55. The Morgan fingerprint density at radius 3 is 2.65 bits per heavy atom. The molecule has 1 unspecified atom stereocenters. The van der Waals surface area contributed by atoms with Gasteiger partial charge in [-0.1, -0.05) is 13.8 Å². The van der Waals surface area contributed by atoms with E-state index in [2.05, 4.69) is 0 Å². The highest BCUT2D eigenvalue weighted by Crippen LogP contribution is 2.26. The maximum Gasteiger partial charge on any atom is 0.335 e. The van der Waals surface area contributed by atoms with E-state index in [4.69, 9.17) is 5.11 Å². The Morgan fingerprint density at radius 1 is 1.40 bits per heavy atom. The quantitative estimate of drug-likeness (QED) is 0.925. The zero-order valence-corrected chi connectivity index (χ0v) is 11.6. The predicted octanol–water partition coefficient (Wildman–Crippen LogP) is 2.78. The molecule has 1 N–H and O–H groups in total. The molecule has 5 heteroatoms. The van der Waals surface area contributed by atoms with Crippen molar-refractivity contribution in [3.8, 4) is 0 Å². The van der Waals surface area contributed by atoms with Crippen molar-refractivity contribution in [1.29, 1.82) is 0 Å². The standard InChI is InChI=1S/C15H18FNO3/c1-9(2)13-4-3-7-17(13)14(18)11-6-5-10(15(19)20)8-12(11)16/h5-6,8-9,13H,3-4,7H2,1-2H3,(H,19,20). The van der Waals surface area contributed by atoms with E-state index >= 15 is 0 Å². The highest BCUT2D eigenvalue weighted by molar-refractivity contribution is 5.96. The largest absolute Gasteiger partial charge is 0.478 e. The summed E-state index contributed by atoms with van der Waals surface area (Å²) >= 11 is 0. The van der Waals surface area contributed by atoms with Gasteiger partial charge in [-0.05, 0) is 37.0 Å². The number of amides is 1. The molecule has 0 radical (unpaired) electrons. The molecule has 1 amide bonds. The van der Waals surface area contributed by atoms with Crippen molar-refractivity contribution in [3.05, 3.63) is 35.1 Å². The molecular weight excluding hydrogens is 261 g/mol. The van der Waals surface area contributed by atoms with Gasteiger partial charge in [-0.2, -0.15) is 0 Å². The Kier molecular flexibility index (Phi) is 4.06. The third-order valence-corrected chi connectivity index (χ3v) is 3.78. The minimum Gasteiger partial charge on any atom is -0.478 e. The summed E-state index contributed by atoms with van der Waals surface area (Å²) in [6.07, 6.45) is 1.85. The van der Waals surface area contributed by atoms with Crippen molar-refractivity contribution in [2.24, 2.45) is 5.92 Å². The van der Waals surface area contributed by atoms with Crippen molar-refractivity contribution in [2.75, 3.05) is 6.54 Å². The number of hydrogen-bond donors (Lipinski definition) is 1. The SMILES string of the molecule is CC(C)C1CCCN1C(=O)c1ccc(C(=O)O)cc1F. The van der Waals surface area contributed by atoms with E-state index in [1.54, 1.807) is 4.90 Å². The van der Waals surface area contributed by atoms with Gasteiger partial charge in [0.25, 0.3) is 5.91 Å². The summed E-state index contributed by atoms with van der Waals surface area (Å²) in [5.41, 5.74) is -0.205. The molecule has 1 aliphatic rings. The van der Waals surface area contributed by atoms with Crippen LogP contribution in [-0.2, 0) is 0 Å². The normalized spacial score (nSPS) is 18.6. The van der Waals surface area contributed by atoms with Crippen LogP contribution in [0.1, 0.15) is 47.4 Å². The Labute approximate surface area is 117 Å². The van der Waals surface area contributed by atoms with E-state index in [1.807, 2.05) is 13.8 Å². The lowest BCUT2D eigenvalue weighted by molar-refractivity contribution is 0.0681. The molecule has 1 aromatic carbocycles. The third-order valence-electron chi connectivity index (χ3n) is 3.78. The molecule has 4 nitrogen and oxygen atoms in total. The summed E-state index contributed by atoms with van der Waals surface area (Å²) in [5.74, 6) is -2.01. The van der Waals surface area contributed by atoms with E-state index in [9.17, 15) is 14.0 Å². The molecule has 0 aliphatic carbocycles. The minimum atomic E-state index is -1.20. The van der Waals surface area contributed by atoms with Crippen LogP contribution >= 0.6 is 0 Å². The van der Waals surface area contributed by atoms with Gasteiger partial charge in [-0.25, -0.2) is 9.18 Å². The van der Waals surface area contributed by atoms with E-state index in [1.165, 1.54) is 12.1 Å². The fourth-order valence-electron chi connectivity index (χ4n) is 2.71. The van der Waals surface area contributed by atoms with Crippen LogP contribution in [0.25, 0.3) is 0 Å². The number of carboxylic acid groups (broad SMARTS) is 1. The van der Waals surface area contributed by atoms with Crippen LogP contribution in [0, 0.1) is 11.7 Å². The first-order chi connectivity index (χ1) is 9.41. The van der Waals surface area contributed by atoms with Crippen LogP contribution in [0.4, 0.5) is 4.39 Å². The average molecular weight is 279 g/mol. The van der Waals surface area contributed by atoms with Crippen molar-refractivity contribution in [2.45, 2.75) is 32.7 Å². The van der Waals surface area contributed by atoms with Crippen LogP contribution < -0.4 is 0 Å². The van der Waals surface area contributed by atoms with Gasteiger partial charge in [-0.15, -0.1) is 0 Å². The molecule has 1 saturated heterocycles. The van der Waals surface area contributed by atoms with Gasteiger partial charge in [0.1, 0.15) is 5.82 Å². The number of carbonyl (C=O) groups is 2. The first-order valence-corrected chi connectivity index (χ1v) is 6.75. The Hall–Kier alpha value is -1.91. The molecule has 20 heavy (non-hydrogen) atoms. The summed E-state index contributed by atoms with van der Waals surface area (Å²) < 4.78 is 13.9. The van der Waals surface area contributed by atoms with E-state index in [-0.39, 0.29) is 23.1 Å². The maximum atomic E-state index is 13.9. The fraction of sp³-hybridized carbons (Fsp3) is 0.467. The summed E-state index contributed by atoms with van der Waals surface area (Å²) in [7, 11) is 0. The summed E-state index contributed by atoms with van der Waals surface area (Å²) in [4.78, 5) is 24.9. The molecule has 1 atom stereocenters. The van der Waals surface area contributed by atoms with Crippen molar-refractivity contribution in [3.63, 3.8) is 0 Å². The van der Waals surface area contributed by atoms with Crippen molar-refractivity contribution in [1.82, 2.24) is 4.90 Å². The highest BCUT2D eigenvalue weighted by Gasteiger charge is 2.32. The molecule has 0 spiro atoms. The van der Waals surface area contributed by atoms with Gasteiger partial charge in [-0.3, -0.25) is 4.79 Å². The lowest BCUT2D eigenvalue weighted by Gasteiger charge is -2.27. The Bertz CT molecular complexity index is 542. The number of hydrogen-bond acceptors (Lipinski definition) is 2. The molecule has 0 saturated carbocycles. The molecule has 1 aromatic rings. The van der Waals surface area contributed by atoms with Gasteiger partial charge in [0, 0.05) is 12.6 Å². The topological polar surface area (TPSA) is 57.6 Å². The predicted molar refractivity (Wildman–Crippen MR) is 72.3 cm³/mol. The second kappa shape index (κ2) is 5.61. The Balaban J connectivity index is 2.27. The van der Waals surface area contributed by atoms with E-state index in [0.29, 0.717) is 12.5 Å². The van der Waals surface area contributed by atoms with Crippen LogP contribution in [0.5, 0.6) is 0 Å². The monoisotopic (exact) mass is 279 g/mol. The number of halogens is 1. The number of carbonyl (C=O) groups excluding carboxylic acids is 1. The number of benzene rings is 1. The summed E-state index contributed by atoms with van der Waals surface area (Å²) in [5, 5.41) is 8.80. The zero-order chi connectivity index (χ0) is 14.9. The smallest absolute Gasteiger partial charge is 0.335 e.